The van der Waals surface area contributed by atoms with Crippen LogP contribution in [-0.2, 0) is 23.1 Å². The Hall–Kier alpha value is -3.23. The first-order valence-electron chi connectivity index (χ1n) is 9.12. The lowest BCUT2D eigenvalue weighted by Gasteiger charge is -2.11. The molecule has 0 atom stereocenters. The maximum absolute atomic E-state index is 14.4. The van der Waals surface area contributed by atoms with Gasteiger partial charge in [0.1, 0.15) is 5.82 Å². The zero-order chi connectivity index (χ0) is 21.4. The van der Waals surface area contributed by atoms with Crippen LogP contribution < -0.4 is 11.0 Å². The summed E-state index contributed by atoms with van der Waals surface area (Å²) in [4.78, 5) is 27.8. The van der Waals surface area contributed by atoms with Crippen LogP contribution in [0, 0.1) is 5.82 Å². The molecule has 2 heterocycles. The Morgan fingerprint density at radius 2 is 2.10 bits per heavy atom. The fourth-order valence-electron chi connectivity index (χ4n) is 3.58. The van der Waals surface area contributed by atoms with Gasteiger partial charge in [0, 0.05) is 25.1 Å². The highest BCUT2D eigenvalue weighted by molar-refractivity contribution is 6.33. The Morgan fingerprint density at radius 3 is 2.83 bits per heavy atom. The minimum absolute atomic E-state index is 0.0000553. The second-order valence-electron chi connectivity index (χ2n) is 6.78. The van der Waals surface area contributed by atoms with Crippen molar-refractivity contribution < 1.29 is 13.9 Å². The zero-order valence-electron chi connectivity index (χ0n) is 16.3. The summed E-state index contributed by atoms with van der Waals surface area (Å²) in [6.45, 7) is 0.766. The van der Waals surface area contributed by atoms with E-state index < -0.39 is 5.82 Å². The van der Waals surface area contributed by atoms with E-state index in [4.69, 9.17) is 16.3 Å². The summed E-state index contributed by atoms with van der Waals surface area (Å²) < 4.78 is 22.7. The van der Waals surface area contributed by atoms with E-state index in [9.17, 15) is 14.0 Å². The number of hydrogen-bond acceptors (Lipinski definition) is 4. The first-order chi connectivity index (χ1) is 14.5. The van der Waals surface area contributed by atoms with E-state index in [1.54, 1.807) is 37.1 Å². The Balaban J connectivity index is 1.97. The van der Waals surface area contributed by atoms with Gasteiger partial charge in [-0.25, -0.2) is 9.18 Å². The van der Waals surface area contributed by atoms with Gasteiger partial charge in [-0.1, -0.05) is 17.7 Å². The molecule has 0 aliphatic heterocycles. The summed E-state index contributed by atoms with van der Waals surface area (Å²) >= 11 is 6.36. The normalized spacial score (nSPS) is 11.3. The van der Waals surface area contributed by atoms with Crippen molar-refractivity contribution >= 4 is 45.6 Å². The van der Waals surface area contributed by atoms with E-state index in [0.717, 1.165) is 10.9 Å². The Morgan fingerprint density at radius 1 is 1.30 bits per heavy atom. The standard InChI is InChI=1S/C21H18ClFN4O3/c1-26-19-10-24-17-4-3-12(13-8-16(23)18(25-11-28)9-15(13)22)7-14(17)20(19)27(21(26)29)5-6-30-2/h3-4,7-11H,5-6H2,1-2H3,(H,25,28). The number of imidazole rings is 1. The van der Waals surface area contributed by atoms with E-state index in [-0.39, 0.29) is 16.4 Å². The summed E-state index contributed by atoms with van der Waals surface area (Å²) in [6, 6.07) is 8.05. The number of fused-ring (bicyclic) bond motifs is 3. The molecular weight excluding hydrogens is 411 g/mol. The number of carbonyl (C=O) groups is 1. The maximum atomic E-state index is 14.4. The number of amides is 1. The lowest BCUT2D eigenvalue weighted by molar-refractivity contribution is -0.105. The number of carbonyl (C=O) groups excluding carboxylic acids is 1. The van der Waals surface area contributed by atoms with Gasteiger partial charge in [-0.05, 0) is 29.8 Å². The molecule has 0 bridgehead atoms. The van der Waals surface area contributed by atoms with Crippen LogP contribution in [0.25, 0.3) is 33.1 Å². The number of nitrogens with zero attached hydrogens (tertiary/aromatic N) is 3. The van der Waals surface area contributed by atoms with E-state index in [1.807, 2.05) is 6.07 Å². The van der Waals surface area contributed by atoms with Crippen LogP contribution in [0.15, 0.2) is 41.3 Å². The molecule has 0 saturated heterocycles. The number of benzene rings is 2. The summed E-state index contributed by atoms with van der Waals surface area (Å²) in [5, 5.41) is 3.31. The molecule has 2 aromatic carbocycles. The first kappa shape index (κ1) is 20.1. The van der Waals surface area contributed by atoms with E-state index >= 15 is 0 Å². The molecule has 1 N–H and O–H groups in total. The highest BCUT2D eigenvalue weighted by Gasteiger charge is 2.16. The number of aryl methyl sites for hydroxylation is 1. The molecule has 154 valence electrons. The van der Waals surface area contributed by atoms with Crippen molar-refractivity contribution in [3.63, 3.8) is 0 Å². The summed E-state index contributed by atoms with van der Waals surface area (Å²) in [5.41, 5.74) is 3.05. The fraction of sp³-hybridized carbons (Fsp3) is 0.190. The molecule has 1 amide bonds. The van der Waals surface area contributed by atoms with Gasteiger partial charge >= 0.3 is 5.69 Å². The van der Waals surface area contributed by atoms with Crippen molar-refractivity contribution in [1.29, 1.82) is 0 Å². The largest absolute Gasteiger partial charge is 0.383 e. The molecule has 0 radical (unpaired) electrons. The molecular formula is C21H18ClFN4O3. The number of rotatable bonds is 6. The number of nitrogens with one attached hydrogen (secondary N) is 1. The second-order valence-corrected chi connectivity index (χ2v) is 7.19. The average Bonchev–Trinajstić information content (AvgIpc) is 2.99. The Labute approximate surface area is 175 Å². The summed E-state index contributed by atoms with van der Waals surface area (Å²) in [6.07, 6.45) is 2.05. The molecule has 0 aliphatic rings. The third-order valence-corrected chi connectivity index (χ3v) is 5.38. The van der Waals surface area contributed by atoms with Gasteiger partial charge in [0.25, 0.3) is 0 Å². The van der Waals surface area contributed by atoms with Crippen molar-refractivity contribution in [2.45, 2.75) is 6.54 Å². The number of ether oxygens (including phenoxy) is 1. The maximum Gasteiger partial charge on any atom is 0.328 e. The SMILES string of the molecule is COCCn1c(=O)n(C)c2cnc3ccc(-c4cc(F)c(NC=O)cc4Cl)cc3c21. The van der Waals surface area contributed by atoms with Crippen LogP contribution in [0.1, 0.15) is 0 Å². The molecule has 0 fully saturated rings. The van der Waals surface area contributed by atoms with Crippen molar-refractivity contribution in [2.75, 3.05) is 19.0 Å². The highest BCUT2D eigenvalue weighted by atomic mass is 35.5. The van der Waals surface area contributed by atoms with Crippen LogP contribution in [-0.4, -0.2) is 34.2 Å². The molecule has 0 unspecified atom stereocenters. The number of pyridine rings is 1. The van der Waals surface area contributed by atoms with Gasteiger partial charge in [-0.3, -0.25) is 18.9 Å². The number of halogens is 2. The van der Waals surface area contributed by atoms with Crippen LogP contribution in [0.3, 0.4) is 0 Å². The van der Waals surface area contributed by atoms with Crippen LogP contribution in [0.4, 0.5) is 10.1 Å². The first-order valence-corrected chi connectivity index (χ1v) is 9.50. The van der Waals surface area contributed by atoms with Crippen molar-refractivity contribution in [2.24, 2.45) is 7.05 Å². The lowest BCUT2D eigenvalue weighted by Crippen LogP contribution is -2.23. The van der Waals surface area contributed by atoms with Gasteiger partial charge in [0.2, 0.25) is 6.41 Å². The molecule has 7 nitrogen and oxygen atoms in total. The van der Waals surface area contributed by atoms with E-state index in [1.165, 1.54) is 16.7 Å². The molecule has 30 heavy (non-hydrogen) atoms. The van der Waals surface area contributed by atoms with Crippen LogP contribution in [0.2, 0.25) is 5.02 Å². The van der Waals surface area contributed by atoms with Gasteiger partial charge in [-0.2, -0.15) is 0 Å². The number of methoxy groups -OCH3 is 1. The fourth-order valence-corrected chi connectivity index (χ4v) is 3.85. The number of anilines is 1. The third-order valence-electron chi connectivity index (χ3n) is 5.07. The molecule has 4 aromatic rings. The smallest absolute Gasteiger partial charge is 0.328 e. The van der Waals surface area contributed by atoms with Crippen molar-refractivity contribution in [1.82, 2.24) is 14.1 Å². The molecule has 0 saturated carbocycles. The average molecular weight is 429 g/mol. The number of aromatic nitrogens is 3. The molecule has 9 heteroatoms. The van der Waals surface area contributed by atoms with Crippen molar-refractivity contribution in [3.05, 3.63) is 57.9 Å². The Kier molecular flexibility index (Phi) is 5.27. The minimum atomic E-state index is -0.602. The van der Waals surface area contributed by atoms with E-state index in [2.05, 4.69) is 10.3 Å². The third kappa shape index (κ3) is 3.24. The van der Waals surface area contributed by atoms with Gasteiger partial charge < -0.3 is 10.1 Å². The minimum Gasteiger partial charge on any atom is -0.383 e. The Bertz CT molecular complexity index is 1350. The summed E-state index contributed by atoms with van der Waals surface area (Å²) in [5.74, 6) is -0.602. The predicted molar refractivity (Wildman–Crippen MR) is 114 cm³/mol. The van der Waals surface area contributed by atoms with Gasteiger partial charge in [-0.15, -0.1) is 0 Å². The number of hydrogen-bond donors (Lipinski definition) is 1. The summed E-state index contributed by atoms with van der Waals surface area (Å²) in [7, 11) is 3.27. The predicted octanol–water partition coefficient (Wildman–Crippen LogP) is 3.56. The topological polar surface area (TPSA) is 78.2 Å². The van der Waals surface area contributed by atoms with Gasteiger partial charge in [0.15, 0.2) is 0 Å². The van der Waals surface area contributed by atoms with E-state index in [0.29, 0.717) is 41.7 Å². The van der Waals surface area contributed by atoms with Crippen molar-refractivity contribution in [3.8, 4) is 11.1 Å². The second kappa shape index (κ2) is 7.89. The van der Waals surface area contributed by atoms with Gasteiger partial charge in [0.05, 0.1) is 46.6 Å². The zero-order valence-corrected chi connectivity index (χ0v) is 17.0. The molecule has 2 aromatic heterocycles. The van der Waals surface area contributed by atoms with Crippen LogP contribution in [0.5, 0.6) is 0 Å². The molecule has 0 spiro atoms. The highest BCUT2D eigenvalue weighted by Crippen LogP contribution is 2.35. The monoisotopic (exact) mass is 428 g/mol. The molecule has 4 rings (SSSR count). The van der Waals surface area contributed by atoms with Crippen LogP contribution >= 0.6 is 11.6 Å². The molecule has 0 aliphatic carbocycles. The quantitative estimate of drug-likeness (QED) is 0.476. The lowest BCUT2D eigenvalue weighted by atomic mass is 10.0.